The Morgan fingerprint density at radius 1 is 1.00 bits per heavy atom. The molecule has 0 bridgehead atoms. The van der Waals surface area contributed by atoms with Gasteiger partial charge in [0.25, 0.3) is 0 Å². The van der Waals surface area contributed by atoms with E-state index in [1.807, 2.05) is 49.4 Å². The number of halogens is 1. The van der Waals surface area contributed by atoms with Gasteiger partial charge in [-0.3, -0.25) is 14.6 Å². The smallest absolute Gasteiger partial charge is 0.310 e. The Labute approximate surface area is 236 Å². The van der Waals surface area contributed by atoms with Crippen LogP contribution in [0.1, 0.15) is 81.4 Å². The van der Waals surface area contributed by atoms with Crippen molar-refractivity contribution < 1.29 is 19.8 Å². The van der Waals surface area contributed by atoms with Crippen molar-refractivity contribution in [2.45, 2.75) is 83.3 Å². The quantitative estimate of drug-likeness (QED) is 0.241. The fraction of sp³-hybridized carbons (Fsp3) is 0.484. The minimum Gasteiger partial charge on any atom is -0.481 e. The van der Waals surface area contributed by atoms with Gasteiger partial charge >= 0.3 is 5.97 Å². The van der Waals surface area contributed by atoms with Gasteiger partial charge in [-0.15, -0.1) is 0 Å². The second-order valence-electron chi connectivity index (χ2n) is 10.3. The van der Waals surface area contributed by atoms with Gasteiger partial charge in [0.15, 0.2) is 5.66 Å². The summed E-state index contributed by atoms with van der Waals surface area (Å²) >= 11 is 6.35. The van der Waals surface area contributed by atoms with Crippen LogP contribution in [0.15, 0.2) is 64.6 Å². The van der Waals surface area contributed by atoms with Crippen molar-refractivity contribution in [1.82, 2.24) is 5.32 Å². The SMILES string of the molecule is CCCCC1(Cc2ccc(CNC(=O)C(CCC)C[C@@H](C(=O)O)c3ccccc3)cc2)N=C(Cl)C(CCO)=N1. The summed E-state index contributed by atoms with van der Waals surface area (Å²) in [4.78, 5) is 34.6. The Hall–Kier alpha value is -3.03. The monoisotopic (exact) mass is 553 g/mol. The molecule has 1 heterocycles. The molecule has 1 aliphatic heterocycles. The Morgan fingerprint density at radius 2 is 1.69 bits per heavy atom. The number of aliphatic imine (C=N–C) groups is 2. The molecule has 0 aliphatic carbocycles. The highest BCUT2D eigenvalue weighted by molar-refractivity contribution is 6.84. The van der Waals surface area contributed by atoms with E-state index in [0.717, 1.165) is 36.8 Å². The topological polar surface area (TPSA) is 111 Å². The molecule has 3 N–H and O–H groups in total. The first-order chi connectivity index (χ1) is 18.8. The highest BCUT2D eigenvalue weighted by atomic mass is 35.5. The molecule has 0 radical (unpaired) electrons. The molecule has 2 aromatic carbocycles. The third-order valence-corrected chi connectivity index (χ3v) is 7.47. The molecule has 0 spiro atoms. The molecule has 8 heteroatoms. The summed E-state index contributed by atoms with van der Waals surface area (Å²) in [7, 11) is 0. The molecule has 0 saturated heterocycles. The van der Waals surface area contributed by atoms with Crippen molar-refractivity contribution in [1.29, 1.82) is 0 Å². The molecule has 2 aromatic rings. The van der Waals surface area contributed by atoms with Gasteiger partial charge in [0.05, 0.1) is 11.6 Å². The number of unbranched alkanes of at least 4 members (excludes halogenated alkanes) is 1. The van der Waals surface area contributed by atoms with Crippen LogP contribution in [-0.4, -0.2) is 45.2 Å². The van der Waals surface area contributed by atoms with Crippen LogP contribution < -0.4 is 5.32 Å². The lowest BCUT2D eigenvalue weighted by Gasteiger charge is -2.23. The number of nitrogens with one attached hydrogen (secondary N) is 1. The van der Waals surface area contributed by atoms with Crippen molar-refractivity contribution in [3.8, 4) is 0 Å². The molecule has 210 valence electrons. The Kier molecular flexibility index (Phi) is 11.7. The fourth-order valence-corrected chi connectivity index (χ4v) is 5.36. The predicted molar refractivity (Wildman–Crippen MR) is 157 cm³/mol. The van der Waals surface area contributed by atoms with Crippen LogP contribution in [-0.2, 0) is 22.6 Å². The first-order valence-electron chi connectivity index (χ1n) is 13.9. The molecule has 3 rings (SSSR count). The van der Waals surface area contributed by atoms with Gasteiger partial charge in [-0.25, -0.2) is 4.99 Å². The molecule has 7 nitrogen and oxygen atoms in total. The summed E-state index contributed by atoms with van der Waals surface area (Å²) in [5.41, 5.74) is 2.76. The Balaban J connectivity index is 1.64. The zero-order valence-corrected chi connectivity index (χ0v) is 23.7. The van der Waals surface area contributed by atoms with Crippen LogP contribution in [0.5, 0.6) is 0 Å². The van der Waals surface area contributed by atoms with Crippen LogP contribution in [0.3, 0.4) is 0 Å². The van der Waals surface area contributed by atoms with Crippen LogP contribution in [0.4, 0.5) is 0 Å². The summed E-state index contributed by atoms with van der Waals surface area (Å²) in [5.74, 6) is -2.14. The van der Waals surface area contributed by atoms with Gasteiger partial charge in [-0.1, -0.05) is 92.9 Å². The van der Waals surface area contributed by atoms with Gasteiger partial charge in [0, 0.05) is 31.9 Å². The lowest BCUT2D eigenvalue weighted by molar-refractivity contribution is -0.139. The van der Waals surface area contributed by atoms with E-state index in [4.69, 9.17) is 21.6 Å². The van der Waals surface area contributed by atoms with E-state index in [9.17, 15) is 19.8 Å². The van der Waals surface area contributed by atoms with Gasteiger partial charge in [-0.05, 0) is 42.4 Å². The second kappa shape index (κ2) is 14.9. The van der Waals surface area contributed by atoms with Crippen LogP contribution in [0, 0.1) is 5.92 Å². The number of carboxylic acid groups (broad SMARTS) is 1. The number of benzene rings is 2. The highest BCUT2D eigenvalue weighted by Crippen LogP contribution is 2.32. The molecular weight excluding hydrogens is 514 g/mol. The molecular formula is C31H40ClN3O4. The number of carbonyl (C=O) groups excluding carboxylic acids is 1. The van der Waals surface area contributed by atoms with Crippen molar-refractivity contribution in [2.24, 2.45) is 15.9 Å². The van der Waals surface area contributed by atoms with Crippen molar-refractivity contribution >= 4 is 34.4 Å². The minimum absolute atomic E-state index is 0.0167. The van der Waals surface area contributed by atoms with Gasteiger partial charge < -0.3 is 15.5 Å². The molecule has 0 aromatic heterocycles. The molecule has 39 heavy (non-hydrogen) atoms. The first-order valence-corrected chi connectivity index (χ1v) is 14.3. The zero-order valence-electron chi connectivity index (χ0n) is 22.9. The standard InChI is InChI=1S/C31H40ClN3O4/c1-3-5-17-31(34-27(16-18-36)28(32)35-31)20-22-12-14-23(15-13-22)21-33-29(37)25(9-4-2)19-26(30(38)39)24-10-7-6-8-11-24/h6-8,10-15,25-26,36H,3-5,9,16-21H2,1-2H3,(H,33,37)(H,38,39)/t25?,26-,31?/m1/s1. The van der Waals surface area contributed by atoms with Crippen LogP contribution in [0.2, 0.25) is 0 Å². The predicted octanol–water partition coefficient (Wildman–Crippen LogP) is 5.88. The average Bonchev–Trinajstić information content (AvgIpc) is 3.24. The number of aliphatic hydroxyl groups is 1. The van der Waals surface area contributed by atoms with Crippen molar-refractivity contribution in [3.63, 3.8) is 0 Å². The van der Waals surface area contributed by atoms with Crippen molar-refractivity contribution in [3.05, 3.63) is 71.3 Å². The average molecular weight is 554 g/mol. The summed E-state index contributed by atoms with van der Waals surface area (Å²) < 4.78 is 0. The second-order valence-corrected chi connectivity index (χ2v) is 10.6. The largest absolute Gasteiger partial charge is 0.481 e. The van der Waals surface area contributed by atoms with Crippen molar-refractivity contribution in [2.75, 3.05) is 6.61 Å². The number of rotatable bonds is 16. The van der Waals surface area contributed by atoms with Gasteiger partial charge in [-0.2, -0.15) is 0 Å². The lowest BCUT2D eigenvalue weighted by atomic mass is 9.86. The van der Waals surface area contributed by atoms with Gasteiger partial charge in [0.2, 0.25) is 5.91 Å². The minimum atomic E-state index is -0.914. The number of carboxylic acids is 1. The summed E-state index contributed by atoms with van der Waals surface area (Å²) in [6, 6.07) is 17.1. The third kappa shape index (κ3) is 8.73. The molecule has 1 amide bonds. The maximum absolute atomic E-state index is 13.1. The molecule has 0 saturated carbocycles. The Bertz CT molecular complexity index is 1150. The van der Waals surface area contributed by atoms with Gasteiger partial charge in [0.1, 0.15) is 5.17 Å². The summed E-state index contributed by atoms with van der Waals surface area (Å²) in [6.45, 7) is 4.48. The lowest BCUT2D eigenvalue weighted by Crippen LogP contribution is -2.32. The Morgan fingerprint density at radius 3 is 2.31 bits per heavy atom. The van der Waals surface area contributed by atoms with E-state index in [-0.39, 0.29) is 24.9 Å². The fourth-order valence-electron chi connectivity index (χ4n) is 5.06. The maximum atomic E-state index is 13.1. The third-order valence-electron chi connectivity index (χ3n) is 7.17. The number of hydrogen-bond acceptors (Lipinski definition) is 5. The molecule has 1 aliphatic rings. The number of hydrogen-bond donors (Lipinski definition) is 3. The number of aliphatic carboxylic acids is 1. The van der Waals surface area contributed by atoms with Crippen LogP contribution in [0.25, 0.3) is 0 Å². The zero-order chi connectivity index (χ0) is 28.3. The van der Waals surface area contributed by atoms with E-state index in [2.05, 4.69) is 12.2 Å². The number of amides is 1. The van der Waals surface area contributed by atoms with E-state index >= 15 is 0 Å². The van der Waals surface area contributed by atoms with Crippen LogP contribution >= 0.6 is 11.6 Å². The van der Waals surface area contributed by atoms with E-state index in [1.54, 1.807) is 12.1 Å². The maximum Gasteiger partial charge on any atom is 0.310 e. The summed E-state index contributed by atoms with van der Waals surface area (Å²) in [6.07, 6.45) is 5.47. The number of aliphatic hydroxyl groups excluding tert-OH is 1. The van der Waals surface area contributed by atoms with E-state index in [1.165, 1.54) is 0 Å². The molecule has 0 fully saturated rings. The molecule has 2 unspecified atom stereocenters. The molecule has 3 atom stereocenters. The highest BCUT2D eigenvalue weighted by Gasteiger charge is 2.35. The first kappa shape index (κ1) is 30.5. The number of nitrogens with zero attached hydrogens (tertiary/aromatic N) is 2. The van der Waals surface area contributed by atoms with E-state index in [0.29, 0.717) is 42.3 Å². The normalized spacial score (nSPS) is 18.3. The number of carbonyl (C=O) groups is 2. The summed E-state index contributed by atoms with van der Waals surface area (Å²) in [5, 5.41) is 22.6. The van der Waals surface area contributed by atoms with E-state index < -0.39 is 17.6 Å².